The fourth-order valence-electron chi connectivity index (χ4n) is 0.627. The molecule has 1 aromatic rings. The van der Waals surface area contributed by atoms with Crippen molar-refractivity contribution in [1.29, 1.82) is 0 Å². The van der Waals surface area contributed by atoms with Crippen LogP contribution in [0, 0.1) is 11.8 Å². The largest absolute Gasteiger partial charge is 0.174 e. The molecule has 0 spiro atoms. The third-order valence-electron chi connectivity index (χ3n) is 1.10. The van der Waals surface area contributed by atoms with Crippen molar-refractivity contribution in [2.75, 3.05) is 0 Å². The second kappa shape index (κ2) is 4.34. The molecule has 4 heteroatoms. The second-order valence-electron chi connectivity index (χ2n) is 1.89. The summed E-state index contributed by atoms with van der Waals surface area (Å²) in [6.07, 6.45) is 2.81. The Morgan fingerprint density at radius 1 is 1.36 bits per heavy atom. The fourth-order valence-corrected chi connectivity index (χ4v) is 0.627. The van der Waals surface area contributed by atoms with Gasteiger partial charge in [-0.2, -0.15) is 0 Å². The van der Waals surface area contributed by atoms with Crippen LogP contribution >= 0.6 is 0 Å². The summed E-state index contributed by atoms with van der Waals surface area (Å²) in [5.41, 5.74) is 0. The van der Waals surface area contributed by atoms with Gasteiger partial charge in [0.15, 0.2) is 12.2 Å². The molecule has 0 fully saturated rings. The van der Waals surface area contributed by atoms with E-state index in [-0.39, 0.29) is 0 Å². The fraction of sp³-hybridized carbons (Fsp3) is 0.429. The molecule has 1 aromatic heterocycles. The summed E-state index contributed by atoms with van der Waals surface area (Å²) in [5.74, 6) is 6.35. The Hall–Kier alpha value is -1.50. The van der Waals surface area contributed by atoms with Crippen LogP contribution < -0.4 is 0 Å². The van der Waals surface area contributed by atoms with E-state index in [2.05, 4.69) is 32.2 Å². The minimum Gasteiger partial charge on any atom is -0.135 e. The highest BCUT2D eigenvalue weighted by atomic mass is 15.3. The summed E-state index contributed by atoms with van der Waals surface area (Å²) in [7, 11) is 0. The van der Waals surface area contributed by atoms with E-state index >= 15 is 0 Å². The molecule has 0 aliphatic rings. The van der Waals surface area contributed by atoms with Gasteiger partial charge in [0.25, 0.3) is 0 Å². The lowest BCUT2D eigenvalue weighted by molar-refractivity contribution is 0.750. The van der Waals surface area contributed by atoms with E-state index in [1.807, 2.05) is 6.92 Å². The van der Waals surface area contributed by atoms with E-state index in [1.54, 1.807) is 0 Å². The van der Waals surface area contributed by atoms with Crippen molar-refractivity contribution in [1.82, 2.24) is 20.4 Å². The normalized spacial score (nSPS) is 8.45. The minimum atomic E-state index is 0.648. The van der Waals surface area contributed by atoms with Crippen LogP contribution in [0.2, 0.25) is 0 Å². The van der Waals surface area contributed by atoms with Gasteiger partial charge in [0.2, 0.25) is 0 Å². The average Bonchev–Trinajstić information content (AvgIpc) is 2.07. The Balaban J connectivity index is 2.43. The predicted octanol–water partition coefficient (Wildman–Crippen LogP) is 0.222. The van der Waals surface area contributed by atoms with Gasteiger partial charge in [-0.1, -0.05) is 0 Å². The van der Waals surface area contributed by atoms with Gasteiger partial charge in [0, 0.05) is 12.8 Å². The second-order valence-corrected chi connectivity index (χ2v) is 1.89. The van der Waals surface area contributed by atoms with Crippen LogP contribution in [-0.2, 0) is 6.42 Å². The third-order valence-corrected chi connectivity index (χ3v) is 1.10. The lowest BCUT2D eigenvalue weighted by Gasteiger charge is -1.89. The van der Waals surface area contributed by atoms with Crippen molar-refractivity contribution >= 4 is 0 Å². The Kier molecular flexibility index (Phi) is 3.00. The van der Waals surface area contributed by atoms with Gasteiger partial charge in [-0.3, -0.25) is 0 Å². The van der Waals surface area contributed by atoms with Crippen LogP contribution in [0.5, 0.6) is 0 Å². The summed E-state index contributed by atoms with van der Waals surface area (Å²) >= 11 is 0. The Bertz CT molecular complexity index is 259. The zero-order valence-corrected chi connectivity index (χ0v) is 6.28. The summed E-state index contributed by atoms with van der Waals surface area (Å²) in [4.78, 5) is 0. The number of hydrogen-bond donors (Lipinski definition) is 0. The van der Waals surface area contributed by atoms with Crippen LogP contribution in [0.1, 0.15) is 19.2 Å². The van der Waals surface area contributed by atoms with E-state index in [0.29, 0.717) is 5.82 Å². The van der Waals surface area contributed by atoms with E-state index in [9.17, 15) is 0 Å². The minimum absolute atomic E-state index is 0.648. The summed E-state index contributed by atoms with van der Waals surface area (Å²) in [6.45, 7) is 1.81. The summed E-state index contributed by atoms with van der Waals surface area (Å²) in [6, 6.07) is 0. The zero-order valence-electron chi connectivity index (χ0n) is 6.28. The molecule has 56 valence electrons. The third kappa shape index (κ3) is 2.72. The van der Waals surface area contributed by atoms with E-state index in [0.717, 1.165) is 12.8 Å². The summed E-state index contributed by atoms with van der Waals surface area (Å²) in [5, 5.41) is 14.7. The Labute approximate surface area is 65.1 Å². The first-order chi connectivity index (χ1) is 5.43. The number of rotatable bonds is 2. The first kappa shape index (κ1) is 7.61. The van der Waals surface area contributed by atoms with Gasteiger partial charge in [-0.05, 0) is 6.92 Å². The highest BCUT2D eigenvalue weighted by molar-refractivity contribution is 4.97. The molecule has 0 bridgehead atoms. The smallest absolute Gasteiger partial charge is 0.135 e. The molecule has 0 unspecified atom stereocenters. The summed E-state index contributed by atoms with van der Waals surface area (Å²) < 4.78 is 0. The van der Waals surface area contributed by atoms with Gasteiger partial charge in [-0.15, -0.1) is 32.2 Å². The molecule has 0 saturated heterocycles. The van der Waals surface area contributed by atoms with Crippen LogP contribution in [-0.4, -0.2) is 20.4 Å². The number of nitrogens with zero attached hydrogens (tertiary/aromatic N) is 4. The molecule has 0 atom stereocenters. The average molecular weight is 148 g/mol. The lowest BCUT2D eigenvalue weighted by atomic mass is 10.3. The number of aromatic nitrogens is 4. The van der Waals surface area contributed by atoms with Crippen molar-refractivity contribution in [2.24, 2.45) is 0 Å². The van der Waals surface area contributed by atoms with Crippen LogP contribution in [0.4, 0.5) is 0 Å². The zero-order chi connectivity index (χ0) is 7.94. The molecule has 0 saturated carbocycles. The van der Waals surface area contributed by atoms with Crippen molar-refractivity contribution in [3.63, 3.8) is 0 Å². The van der Waals surface area contributed by atoms with Crippen LogP contribution in [0.15, 0.2) is 6.33 Å². The number of aryl methyl sites for hydroxylation is 1. The molecule has 11 heavy (non-hydrogen) atoms. The van der Waals surface area contributed by atoms with E-state index in [1.165, 1.54) is 6.33 Å². The van der Waals surface area contributed by atoms with Crippen LogP contribution in [0.3, 0.4) is 0 Å². The van der Waals surface area contributed by atoms with Crippen LogP contribution in [0.25, 0.3) is 0 Å². The van der Waals surface area contributed by atoms with Gasteiger partial charge >= 0.3 is 0 Å². The molecular weight excluding hydrogens is 140 g/mol. The number of hydrogen-bond acceptors (Lipinski definition) is 4. The molecule has 0 aromatic carbocycles. The van der Waals surface area contributed by atoms with E-state index < -0.39 is 0 Å². The molecule has 0 aliphatic carbocycles. The quantitative estimate of drug-likeness (QED) is 0.563. The van der Waals surface area contributed by atoms with Gasteiger partial charge in [-0.25, -0.2) is 0 Å². The monoisotopic (exact) mass is 148 g/mol. The molecule has 4 nitrogen and oxygen atoms in total. The van der Waals surface area contributed by atoms with Crippen molar-refractivity contribution < 1.29 is 0 Å². The molecule has 1 rings (SSSR count). The van der Waals surface area contributed by atoms with Crippen molar-refractivity contribution in [3.8, 4) is 11.8 Å². The van der Waals surface area contributed by atoms with Gasteiger partial charge in [0.05, 0.1) is 0 Å². The first-order valence-electron chi connectivity index (χ1n) is 3.32. The maximum absolute atomic E-state index is 3.76. The Morgan fingerprint density at radius 2 is 2.09 bits per heavy atom. The Morgan fingerprint density at radius 3 is 2.73 bits per heavy atom. The van der Waals surface area contributed by atoms with Crippen molar-refractivity contribution in [3.05, 3.63) is 12.2 Å². The van der Waals surface area contributed by atoms with Crippen molar-refractivity contribution in [2.45, 2.75) is 19.8 Å². The standard InChI is InChI=1S/C7H8N4/c1-2-3-4-5-7-10-8-6-9-11-7/h6H,4-5H2,1H3. The molecule has 0 aliphatic heterocycles. The highest BCUT2D eigenvalue weighted by Crippen LogP contribution is 1.88. The van der Waals surface area contributed by atoms with Gasteiger partial charge < -0.3 is 0 Å². The van der Waals surface area contributed by atoms with E-state index in [4.69, 9.17) is 0 Å². The molecule has 0 radical (unpaired) electrons. The maximum Gasteiger partial charge on any atom is 0.174 e. The highest BCUT2D eigenvalue weighted by Gasteiger charge is 1.92. The lowest BCUT2D eigenvalue weighted by Crippen LogP contribution is -1.97. The maximum atomic E-state index is 3.76. The topological polar surface area (TPSA) is 51.6 Å². The molecule has 0 N–H and O–H groups in total. The first-order valence-corrected chi connectivity index (χ1v) is 3.32. The molecule has 0 amide bonds. The molecule has 1 heterocycles. The van der Waals surface area contributed by atoms with Gasteiger partial charge in [0.1, 0.15) is 0 Å². The predicted molar refractivity (Wildman–Crippen MR) is 39.4 cm³/mol. The molecular formula is C7H8N4. The SMILES string of the molecule is CC#CCCc1nncnn1.